The van der Waals surface area contributed by atoms with Crippen molar-refractivity contribution in [2.45, 2.75) is 26.2 Å². The number of nitrogens with zero attached hydrogens (tertiary/aromatic N) is 1. The molecule has 1 aromatic carbocycles. The molecule has 0 spiro atoms. The normalized spacial score (nSPS) is 27.5. The van der Waals surface area contributed by atoms with Gasteiger partial charge in [0.15, 0.2) is 0 Å². The lowest BCUT2D eigenvalue weighted by Gasteiger charge is -2.33. The van der Waals surface area contributed by atoms with E-state index in [1.54, 1.807) is 0 Å². The molecule has 1 unspecified atom stereocenters. The van der Waals surface area contributed by atoms with Crippen LogP contribution in [-0.4, -0.2) is 26.2 Å². The molecule has 1 N–H and O–H groups in total. The first kappa shape index (κ1) is 11.1. The summed E-state index contributed by atoms with van der Waals surface area (Å²) in [7, 11) is 0. The maximum Gasteiger partial charge on any atom is 0.0399 e. The van der Waals surface area contributed by atoms with Crippen molar-refractivity contribution in [1.29, 1.82) is 0 Å². The van der Waals surface area contributed by atoms with Crippen LogP contribution < -0.4 is 10.2 Å². The molecule has 0 amide bonds. The molecular formula is C15H22N2. The molecule has 2 nitrogen and oxygen atoms in total. The molecule has 0 aromatic heterocycles. The van der Waals surface area contributed by atoms with E-state index in [2.05, 4.69) is 41.4 Å². The van der Waals surface area contributed by atoms with Crippen molar-refractivity contribution >= 4 is 5.69 Å². The van der Waals surface area contributed by atoms with Crippen LogP contribution in [0.5, 0.6) is 0 Å². The predicted octanol–water partition coefficient (Wildman–Crippen LogP) is 2.44. The van der Waals surface area contributed by atoms with Crippen LogP contribution in [0, 0.1) is 5.41 Å². The summed E-state index contributed by atoms with van der Waals surface area (Å²) in [6.45, 7) is 7.18. The lowest BCUT2D eigenvalue weighted by atomic mass is 9.83. The second-order valence-corrected chi connectivity index (χ2v) is 5.58. The Hall–Kier alpha value is -1.02. The summed E-state index contributed by atoms with van der Waals surface area (Å²) >= 11 is 0. The van der Waals surface area contributed by atoms with E-state index in [0.717, 1.165) is 0 Å². The lowest BCUT2D eigenvalue weighted by molar-refractivity contribution is 0.314. The van der Waals surface area contributed by atoms with Crippen LogP contribution in [0.1, 0.15) is 25.3 Å². The van der Waals surface area contributed by atoms with Gasteiger partial charge in [-0.15, -0.1) is 0 Å². The third-order valence-electron chi connectivity index (χ3n) is 4.59. The average Bonchev–Trinajstić information content (AvgIpc) is 2.99. The number of nitrogens with one attached hydrogen (secondary N) is 1. The summed E-state index contributed by atoms with van der Waals surface area (Å²) in [5.74, 6) is 0. The van der Waals surface area contributed by atoms with Crippen molar-refractivity contribution in [1.82, 2.24) is 5.32 Å². The molecule has 0 aliphatic carbocycles. The third kappa shape index (κ3) is 1.95. The van der Waals surface area contributed by atoms with E-state index in [-0.39, 0.29) is 0 Å². The van der Waals surface area contributed by atoms with E-state index < -0.39 is 0 Å². The Morgan fingerprint density at radius 1 is 1.35 bits per heavy atom. The highest BCUT2D eigenvalue weighted by molar-refractivity contribution is 5.58. The zero-order chi connectivity index (χ0) is 11.7. The van der Waals surface area contributed by atoms with Gasteiger partial charge in [0.1, 0.15) is 0 Å². The molecular weight excluding hydrogens is 208 g/mol. The fourth-order valence-corrected chi connectivity index (χ4v) is 3.32. The van der Waals surface area contributed by atoms with Gasteiger partial charge in [-0.2, -0.15) is 0 Å². The number of benzene rings is 1. The summed E-state index contributed by atoms with van der Waals surface area (Å²) in [5.41, 5.74) is 3.52. The lowest BCUT2D eigenvalue weighted by Crippen LogP contribution is -2.38. The van der Waals surface area contributed by atoms with Gasteiger partial charge >= 0.3 is 0 Å². The predicted molar refractivity (Wildman–Crippen MR) is 72.6 cm³/mol. The quantitative estimate of drug-likeness (QED) is 0.858. The van der Waals surface area contributed by atoms with Crippen LogP contribution in [-0.2, 0) is 6.42 Å². The molecule has 2 aliphatic rings. The molecule has 1 atom stereocenters. The Labute approximate surface area is 104 Å². The second-order valence-electron chi connectivity index (χ2n) is 5.58. The summed E-state index contributed by atoms with van der Waals surface area (Å²) < 4.78 is 0. The zero-order valence-corrected chi connectivity index (χ0v) is 10.7. The molecule has 0 radical (unpaired) electrons. The minimum Gasteiger partial charge on any atom is -0.370 e. The monoisotopic (exact) mass is 230 g/mol. The molecule has 92 valence electrons. The zero-order valence-electron chi connectivity index (χ0n) is 10.7. The second kappa shape index (κ2) is 4.34. The number of fused-ring (bicyclic) bond motifs is 1. The van der Waals surface area contributed by atoms with Crippen LogP contribution in [0.15, 0.2) is 24.3 Å². The Balaban J connectivity index is 1.79. The molecule has 17 heavy (non-hydrogen) atoms. The maximum absolute atomic E-state index is 3.54. The van der Waals surface area contributed by atoms with E-state index in [1.165, 1.54) is 56.7 Å². The molecule has 2 aliphatic heterocycles. The molecule has 2 heterocycles. The Kier molecular flexibility index (Phi) is 2.83. The van der Waals surface area contributed by atoms with Gasteiger partial charge in [0.25, 0.3) is 0 Å². The molecule has 2 heteroatoms. The number of rotatable bonds is 3. The highest BCUT2D eigenvalue weighted by atomic mass is 15.2. The van der Waals surface area contributed by atoms with E-state index in [9.17, 15) is 0 Å². The number of hydrogen-bond donors (Lipinski definition) is 1. The Morgan fingerprint density at radius 2 is 2.24 bits per heavy atom. The first-order valence-corrected chi connectivity index (χ1v) is 6.87. The van der Waals surface area contributed by atoms with Crippen molar-refractivity contribution in [3.63, 3.8) is 0 Å². The van der Waals surface area contributed by atoms with Gasteiger partial charge in [0.2, 0.25) is 0 Å². The standard InChI is InChI=1S/C15H22N2/c1-2-15(8-9-16-11-15)12-17-10-7-13-5-3-4-6-14(13)17/h3-6,16H,2,7-12H2,1H3. The summed E-state index contributed by atoms with van der Waals surface area (Å²) in [4.78, 5) is 2.60. The van der Waals surface area contributed by atoms with E-state index >= 15 is 0 Å². The molecule has 0 saturated carbocycles. The van der Waals surface area contributed by atoms with Crippen LogP contribution in [0.4, 0.5) is 5.69 Å². The van der Waals surface area contributed by atoms with Gasteiger partial charge in [-0.05, 0) is 37.4 Å². The van der Waals surface area contributed by atoms with Crippen LogP contribution in [0.2, 0.25) is 0 Å². The molecule has 1 fully saturated rings. The SMILES string of the molecule is CCC1(CN2CCc3ccccc32)CCNC1. The number of para-hydroxylation sites is 1. The topological polar surface area (TPSA) is 15.3 Å². The van der Waals surface area contributed by atoms with Crippen molar-refractivity contribution in [3.05, 3.63) is 29.8 Å². The highest BCUT2D eigenvalue weighted by Crippen LogP contribution is 2.35. The average molecular weight is 230 g/mol. The van der Waals surface area contributed by atoms with Gasteiger partial charge in [-0.25, -0.2) is 0 Å². The first-order valence-electron chi connectivity index (χ1n) is 6.87. The first-order chi connectivity index (χ1) is 8.33. The van der Waals surface area contributed by atoms with Crippen LogP contribution in [0.25, 0.3) is 0 Å². The Morgan fingerprint density at radius 3 is 3.00 bits per heavy atom. The minimum absolute atomic E-state index is 0.511. The van der Waals surface area contributed by atoms with Gasteiger partial charge in [-0.1, -0.05) is 25.1 Å². The molecule has 0 bridgehead atoms. The fraction of sp³-hybridized carbons (Fsp3) is 0.600. The molecule has 1 saturated heterocycles. The van der Waals surface area contributed by atoms with Gasteiger partial charge in [-0.3, -0.25) is 0 Å². The third-order valence-corrected chi connectivity index (χ3v) is 4.59. The molecule has 1 aromatic rings. The van der Waals surface area contributed by atoms with Crippen LogP contribution >= 0.6 is 0 Å². The maximum atomic E-state index is 3.54. The smallest absolute Gasteiger partial charge is 0.0399 e. The fourth-order valence-electron chi connectivity index (χ4n) is 3.32. The van der Waals surface area contributed by atoms with Crippen molar-refractivity contribution in [2.75, 3.05) is 31.1 Å². The highest BCUT2D eigenvalue weighted by Gasteiger charge is 2.35. The Bertz CT molecular complexity index is 394. The van der Waals surface area contributed by atoms with E-state index in [1.807, 2.05) is 0 Å². The van der Waals surface area contributed by atoms with E-state index in [0.29, 0.717) is 5.41 Å². The summed E-state index contributed by atoms with van der Waals surface area (Å²) in [6, 6.07) is 8.90. The summed E-state index contributed by atoms with van der Waals surface area (Å²) in [5, 5.41) is 3.54. The van der Waals surface area contributed by atoms with Gasteiger partial charge in [0.05, 0.1) is 0 Å². The number of hydrogen-bond acceptors (Lipinski definition) is 2. The van der Waals surface area contributed by atoms with Crippen LogP contribution in [0.3, 0.4) is 0 Å². The molecule has 3 rings (SSSR count). The van der Waals surface area contributed by atoms with Gasteiger partial charge < -0.3 is 10.2 Å². The minimum atomic E-state index is 0.511. The van der Waals surface area contributed by atoms with Gasteiger partial charge in [0, 0.05) is 30.7 Å². The van der Waals surface area contributed by atoms with E-state index in [4.69, 9.17) is 0 Å². The summed E-state index contributed by atoms with van der Waals surface area (Å²) in [6.07, 6.45) is 3.85. The largest absolute Gasteiger partial charge is 0.370 e. The van der Waals surface area contributed by atoms with Crippen molar-refractivity contribution in [3.8, 4) is 0 Å². The number of anilines is 1. The van der Waals surface area contributed by atoms with Crippen molar-refractivity contribution < 1.29 is 0 Å². The van der Waals surface area contributed by atoms with Crippen molar-refractivity contribution in [2.24, 2.45) is 5.41 Å².